The quantitative estimate of drug-likeness (QED) is 0.623. The van der Waals surface area contributed by atoms with Crippen LogP contribution >= 0.6 is 0 Å². The smallest absolute Gasteiger partial charge is 0.286 e. The van der Waals surface area contributed by atoms with E-state index in [0.717, 1.165) is 25.7 Å². The number of hydrogen-bond donors (Lipinski definition) is 1. The molecule has 0 amide bonds. The molecule has 0 spiro atoms. The molecule has 1 heterocycles. The standard InChI is InChI=1S/C16H20N4O5/c1-3-24-13-8-10(11(20(21)22)9-12(13)23-2)14-18-15(19-25-14)16(17)6-4-5-7-16/h8-9H,3-7,17H2,1-2H3. The van der Waals surface area contributed by atoms with Gasteiger partial charge < -0.3 is 19.7 Å². The zero-order chi connectivity index (χ0) is 18.0. The Hall–Kier alpha value is -2.68. The van der Waals surface area contributed by atoms with Gasteiger partial charge in [-0.05, 0) is 19.8 Å². The summed E-state index contributed by atoms with van der Waals surface area (Å²) in [4.78, 5) is 15.3. The fourth-order valence-electron chi connectivity index (χ4n) is 3.06. The number of ether oxygens (including phenoxy) is 2. The Morgan fingerprint density at radius 2 is 2.08 bits per heavy atom. The molecule has 0 atom stereocenters. The molecule has 0 bridgehead atoms. The lowest BCUT2D eigenvalue weighted by Crippen LogP contribution is -2.34. The molecule has 1 fully saturated rings. The zero-order valence-electron chi connectivity index (χ0n) is 14.2. The number of benzene rings is 1. The van der Waals surface area contributed by atoms with E-state index in [9.17, 15) is 10.1 Å². The third-order valence-electron chi connectivity index (χ3n) is 4.38. The predicted molar refractivity (Wildman–Crippen MR) is 88.4 cm³/mol. The zero-order valence-corrected chi connectivity index (χ0v) is 14.2. The van der Waals surface area contributed by atoms with Crippen molar-refractivity contribution < 1.29 is 18.9 Å². The fourth-order valence-corrected chi connectivity index (χ4v) is 3.06. The lowest BCUT2D eigenvalue weighted by atomic mass is 9.98. The second kappa shape index (κ2) is 6.67. The summed E-state index contributed by atoms with van der Waals surface area (Å²) in [6, 6.07) is 2.77. The highest BCUT2D eigenvalue weighted by atomic mass is 16.6. The third-order valence-corrected chi connectivity index (χ3v) is 4.38. The molecule has 0 unspecified atom stereocenters. The molecule has 134 valence electrons. The van der Waals surface area contributed by atoms with Crippen molar-refractivity contribution in [1.82, 2.24) is 10.1 Å². The Kier molecular flexibility index (Phi) is 4.58. The molecule has 1 aliphatic carbocycles. The van der Waals surface area contributed by atoms with Crippen LogP contribution in [0.1, 0.15) is 38.4 Å². The number of methoxy groups -OCH3 is 1. The molecular weight excluding hydrogens is 328 g/mol. The molecule has 1 aromatic heterocycles. The predicted octanol–water partition coefficient (Wildman–Crippen LogP) is 2.78. The molecule has 9 nitrogen and oxygen atoms in total. The highest BCUT2D eigenvalue weighted by molar-refractivity contribution is 5.72. The van der Waals surface area contributed by atoms with Crippen LogP contribution in [-0.2, 0) is 5.54 Å². The summed E-state index contributed by atoms with van der Waals surface area (Å²) in [5.41, 5.74) is 5.67. The molecule has 0 radical (unpaired) electrons. The van der Waals surface area contributed by atoms with Crippen LogP contribution in [0.25, 0.3) is 11.5 Å². The average Bonchev–Trinajstić information content (AvgIpc) is 3.24. The highest BCUT2D eigenvalue weighted by Crippen LogP contribution is 2.41. The third kappa shape index (κ3) is 3.14. The van der Waals surface area contributed by atoms with E-state index in [1.807, 2.05) is 6.92 Å². The van der Waals surface area contributed by atoms with E-state index < -0.39 is 10.5 Å². The van der Waals surface area contributed by atoms with Crippen LogP contribution in [0.2, 0.25) is 0 Å². The summed E-state index contributed by atoms with van der Waals surface area (Å²) >= 11 is 0. The van der Waals surface area contributed by atoms with Gasteiger partial charge in [-0.3, -0.25) is 10.1 Å². The maximum Gasteiger partial charge on any atom is 0.286 e. The largest absolute Gasteiger partial charge is 0.493 e. The number of rotatable bonds is 6. The van der Waals surface area contributed by atoms with E-state index in [0.29, 0.717) is 18.2 Å². The molecule has 0 saturated heterocycles. The van der Waals surface area contributed by atoms with Crippen LogP contribution in [0, 0.1) is 10.1 Å². The molecule has 0 aliphatic heterocycles. The minimum Gasteiger partial charge on any atom is -0.493 e. The van der Waals surface area contributed by atoms with Gasteiger partial charge in [0.05, 0.1) is 30.2 Å². The first-order chi connectivity index (χ1) is 12.0. The van der Waals surface area contributed by atoms with Crippen molar-refractivity contribution in [3.63, 3.8) is 0 Å². The monoisotopic (exact) mass is 348 g/mol. The van der Waals surface area contributed by atoms with Crippen LogP contribution in [0.5, 0.6) is 11.5 Å². The van der Waals surface area contributed by atoms with Gasteiger partial charge in [0.15, 0.2) is 17.3 Å². The summed E-state index contributed by atoms with van der Waals surface area (Å²) in [6.07, 6.45) is 3.52. The van der Waals surface area contributed by atoms with E-state index >= 15 is 0 Å². The van der Waals surface area contributed by atoms with E-state index in [2.05, 4.69) is 10.1 Å². The van der Waals surface area contributed by atoms with Crippen molar-refractivity contribution >= 4 is 5.69 Å². The second-order valence-electron chi connectivity index (χ2n) is 6.00. The Morgan fingerprint density at radius 1 is 1.36 bits per heavy atom. The normalized spacial score (nSPS) is 16.0. The molecule has 2 N–H and O–H groups in total. The molecule has 3 rings (SSSR count). The number of nitro benzene ring substituents is 1. The van der Waals surface area contributed by atoms with Gasteiger partial charge >= 0.3 is 0 Å². The number of nitro groups is 1. The van der Waals surface area contributed by atoms with Crippen LogP contribution < -0.4 is 15.2 Å². The Labute approximate surface area is 144 Å². The maximum absolute atomic E-state index is 11.5. The van der Waals surface area contributed by atoms with Crippen molar-refractivity contribution in [1.29, 1.82) is 0 Å². The van der Waals surface area contributed by atoms with Gasteiger partial charge in [-0.25, -0.2) is 0 Å². The lowest BCUT2D eigenvalue weighted by molar-refractivity contribution is -0.384. The fraction of sp³-hybridized carbons (Fsp3) is 0.500. The second-order valence-corrected chi connectivity index (χ2v) is 6.00. The Bertz CT molecular complexity index is 783. The Balaban J connectivity index is 2.07. The van der Waals surface area contributed by atoms with Crippen LogP contribution in [0.4, 0.5) is 5.69 Å². The van der Waals surface area contributed by atoms with Gasteiger partial charge in [-0.1, -0.05) is 18.0 Å². The number of nitrogens with two attached hydrogens (primary N) is 1. The minimum absolute atomic E-state index is 0.0435. The van der Waals surface area contributed by atoms with Gasteiger partial charge in [-0.2, -0.15) is 4.98 Å². The van der Waals surface area contributed by atoms with Crippen LogP contribution in [-0.4, -0.2) is 28.8 Å². The van der Waals surface area contributed by atoms with Gasteiger partial charge in [0.25, 0.3) is 11.6 Å². The number of aromatic nitrogens is 2. The highest BCUT2D eigenvalue weighted by Gasteiger charge is 2.37. The van der Waals surface area contributed by atoms with Crippen LogP contribution in [0.15, 0.2) is 16.7 Å². The van der Waals surface area contributed by atoms with Crippen molar-refractivity contribution in [2.75, 3.05) is 13.7 Å². The van der Waals surface area contributed by atoms with Crippen LogP contribution in [0.3, 0.4) is 0 Å². The lowest BCUT2D eigenvalue weighted by Gasteiger charge is -2.17. The van der Waals surface area contributed by atoms with E-state index in [1.54, 1.807) is 0 Å². The van der Waals surface area contributed by atoms with E-state index in [1.165, 1.54) is 19.2 Å². The van der Waals surface area contributed by atoms with Gasteiger partial charge in [0, 0.05) is 6.07 Å². The number of hydrogen-bond acceptors (Lipinski definition) is 8. The number of nitrogens with zero attached hydrogens (tertiary/aromatic N) is 3. The minimum atomic E-state index is -0.633. The maximum atomic E-state index is 11.5. The molecule has 2 aromatic rings. The first-order valence-corrected chi connectivity index (χ1v) is 8.11. The van der Waals surface area contributed by atoms with Gasteiger partial charge in [0.1, 0.15) is 5.56 Å². The summed E-state index contributed by atoms with van der Waals surface area (Å²) in [5.74, 6) is 1.06. The molecule has 25 heavy (non-hydrogen) atoms. The first kappa shape index (κ1) is 17.2. The topological polar surface area (TPSA) is 127 Å². The van der Waals surface area contributed by atoms with Crippen molar-refractivity contribution in [2.45, 2.75) is 38.1 Å². The SMILES string of the molecule is CCOc1cc(-c2nc(C3(N)CCCC3)no2)c([N+](=O)[O-])cc1OC. The summed E-state index contributed by atoms with van der Waals surface area (Å²) in [7, 11) is 1.42. The van der Waals surface area contributed by atoms with E-state index in [-0.39, 0.29) is 22.9 Å². The van der Waals surface area contributed by atoms with Crippen molar-refractivity contribution in [3.05, 3.63) is 28.1 Å². The molecule has 9 heteroatoms. The van der Waals surface area contributed by atoms with E-state index in [4.69, 9.17) is 19.7 Å². The molecule has 1 aliphatic rings. The molecule has 1 aromatic carbocycles. The average molecular weight is 348 g/mol. The summed E-state index contributed by atoms with van der Waals surface area (Å²) in [5, 5.41) is 15.4. The van der Waals surface area contributed by atoms with Crippen molar-refractivity contribution in [2.24, 2.45) is 5.73 Å². The molecule has 1 saturated carbocycles. The Morgan fingerprint density at radius 3 is 2.68 bits per heavy atom. The summed E-state index contributed by atoms with van der Waals surface area (Å²) in [6.45, 7) is 2.19. The van der Waals surface area contributed by atoms with Gasteiger partial charge in [0.2, 0.25) is 0 Å². The van der Waals surface area contributed by atoms with Crippen molar-refractivity contribution in [3.8, 4) is 23.0 Å². The first-order valence-electron chi connectivity index (χ1n) is 8.11. The summed E-state index contributed by atoms with van der Waals surface area (Å²) < 4.78 is 15.9. The molecular formula is C16H20N4O5. The van der Waals surface area contributed by atoms with Gasteiger partial charge in [-0.15, -0.1) is 0 Å².